The fourth-order valence-corrected chi connectivity index (χ4v) is 3.05. The quantitative estimate of drug-likeness (QED) is 0.485. The van der Waals surface area contributed by atoms with E-state index in [-0.39, 0.29) is 18.4 Å². The summed E-state index contributed by atoms with van der Waals surface area (Å²) >= 11 is 0. The maximum Gasteiger partial charge on any atom is 0.325 e. The van der Waals surface area contributed by atoms with Gasteiger partial charge in [-0.1, -0.05) is 31.9 Å². The molecule has 1 saturated heterocycles. The van der Waals surface area contributed by atoms with Gasteiger partial charge in [-0.3, -0.25) is 14.5 Å². The lowest BCUT2D eigenvalue weighted by Crippen LogP contribution is -2.45. The fourth-order valence-electron chi connectivity index (χ4n) is 3.05. The Hall–Kier alpha value is -2.57. The number of methoxy groups -OCH3 is 1. The highest BCUT2D eigenvalue weighted by molar-refractivity contribution is 6.08. The topological polar surface area (TPSA) is 87.7 Å². The number of hydrogen-bond acceptors (Lipinski definition) is 4. The molecular formula is C20H29N3O4. The first-order valence-electron chi connectivity index (χ1n) is 9.43. The van der Waals surface area contributed by atoms with Crippen LogP contribution >= 0.6 is 0 Å². The van der Waals surface area contributed by atoms with Crippen LogP contribution < -0.4 is 15.4 Å². The molecule has 1 heterocycles. The molecule has 148 valence electrons. The maximum atomic E-state index is 12.7. The number of imide groups is 1. The van der Waals surface area contributed by atoms with Crippen LogP contribution in [-0.4, -0.2) is 48.5 Å². The van der Waals surface area contributed by atoms with E-state index in [2.05, 4.69) is 17.6 Å². The van der Waals surface area contributed by atoms with Gasteiger partial charge >= 0.3 is 6.03 Å². The number of hydrogen-bond donors (Lipinski definition) is 2. The lowest BCUT2D eigenvalue weighted by molar-refractivity contribution is -0.134. The number of nitrogens with zero attached hydrogens (tertiary/aromatic N) is 1. The minimum Gasteiger partial charge on any atom is -0.497 e. The van der Waals surface area contributed by atoms with Crippen LogP contribution in [0.3, 0.4) is 0 Å². The van der Waals surface area contributed by atoms with Crippen LogP contribution in [0.5, 0.6) is 5.75 Å². The zero-order valence-corrected chi connectivity index (χ0v) is 16.3. The number of ether oxygens (including phenoxy) is 1. The fraction of sp³-hybridized carbons (Fsp3) is 0.550. The molecule has 2 N–H and O–H groups in total. The van der Waals surface area contributed by atoms with Crippen LogP contribution in [0, 0.1) is 0 Å². The summed E-state index contributed by atoms with van der Waals surface area (Å²) < 4.78 is 5.13. The summed E-state index contributed by atoms with van der Waals surface area (Å²) in [7, 11) is 1.61. The van der Waals surface area contributed by atoms with Gasteiger partial charge in [0.2, 0.25) is 5.91 Å². The van der Waals surface area contributed by atoms with Gasteiger partial charge in [0.05, 0.1) is 7.11 Å². The van der Waals surface area contributed by atoms with E-state index < -0.39 is 11.6 Å². The second-order valence-electron chi connectivity index (χ2n) is 7.06. The van der Waals surface area contributed by atoms with Crippen molar-refractivity contribution in [2.24, 2.45) is 0 Å². The molecule has 0 radical (unpaired) electrons. The highest BCUT2D eigenvalue weighted by Gasteiger charge is 2.47. The summed E-state index contributed by atoms with van der Waals surface area (Å²) in [6.45, 7) is 4.11. The molecule has 0 bridgehead atoms. The number of nitrogens with one attached hydrogen (secondary N) is 2. The van der Waals surface area contributed by atoms with Crippen LogP contribution in [0.4, 0.5) is 4.79 Å². The molecule has 0 saturated carbocycles. The molecule has 1 atom stereocenters. The molecule has 1 aliphatic rings. The summed E-state index contributed by atoms with van der Waals surface area (Å²) in [5.41, 5.74) is 0.0469. The highest BCUT2D eigenvalue weighted by atomic mass is 16.5. The van der Waals surface area contributed by atoms with Crippen molar-refractivity contribution in [2.75, 3.05) is 20.2 Å². The van der Waals surface area contributed by atoms with Crippen LogP contribution in [0.25, 0.3) is 0 Å². The predicted molar refractivity (Wildman–Crippen MR) is 102 cm³/mol. The van der Waals surface area contributed by atoms with Crippen molar-refractivity contribution in [2.45, 2.75) is 51.5 Å². The van der Waals surface area contributed by atoms with E-state index in [0.29, 0.717) is 19.4 Å². The van der Waals surface area contributed by atoms with Gasteiger partial charge in [-0.25, -0.2) is 4.79 Å². The van der Waals surface area contributed by atoms with Crippen molar-refractivity contribution in [3.05, 3.63) is 29.8 Å². The van der Waals surface area contributed by atoms with Crippen molar-refractivity contribution >= 4 is 17.8 Å². The third-order valence-corrected chi connectivity index (χ3v) is 4.82. The number of benzene rings is 1. The molecule has 1 fully saturated rings. The zero-order chi connectivity index (χ0) is 19.9. The normalized spacial score (nSPS) is 19.1. The van der Waals surface area contributed by atoms with Crippen molar-refractivity contribution in [3.8, 4) is 5.75 Å². The van der Waals surface area contributed by atoms with Crippen molar-refractivity contribution in [1.29, 1.82) is 0 Å². The molecule has 1 aromatic rings. The van der Waals surface area contributed by atoms with E-state index in [1.807, 2.05) is 24.3 Å². The minimum atomic E-state index is -1.00. The Morgan fingerprint density at radius 2 is 1.93 bits per heavy atom. The Labute approximate surface area is 160 Å². The van der Waals surface area contributed by atoms with Crippen LogP contribution in [0.2, 0.25) is 0 Å². The molecular weight excluding hydrogens is 346 g/mol. The molecule has 27 heavy (non-hydrogen) atoms. The zero-order valence-electron chi connectivity index (χ0n) is 16.3. The van der Waals surface area contributed by atoms with E-state index in [1.54, 1.807) is 14.0 Å². The molecule has 2 rings (SSSR count). The monoisotopic (exact) mass is 375 g/mol. The van der Waals surface area contributed by atoms with Gasteiger partial charge in [0, 0.05) is 6.54 Å². The number of amides is 4. The molecule has 0 aromatic heterocycles. The Morgan fingerprint density at radius 1 is 1.22 bits per heavy atom. The number of rotatable bonds is 10. The van der Waals surface area contributed by atoms with Crippen molar-refractivity contribution in [3.63, 3.8) is 0 Å². The molecule has 0 aliphatic carbocycles. The first kappa shape index (κ1) is 20.7. The maximum absolute atomic E-state index is 12.7. The summed E-state index contributed by atoms with van der Waals surface area (Å²) in [5, 5.41) is 5.49. The van der Waals surface area contributed by atoms with Crippen molar-refractivity contribution < 1.29 is 19.1 Å². The molecule has 7 nitrogen and oxygen atoms in total. The number of aryl methyl sites for hydroxylation is 1. The average Bonchev–Trinajstić information content (AvgIpc) is 2.87. The molecule has 1 aromatic carbocycles. The van der Waals surface area contributed by atoms with E-state index >= 15 is 0 Å². The smallest absolute Gasteiger partial charge is 0.325 e. The molecule has 1 aliphatic heterocycles. The summed E-state index contributed by atoms with van der Waals surface area (Å²) in [5.74, 6) is 0.102. The Balaban J connectivity index is 1.89. The van der Waals surface area contributed by atoms with Gasteiger partial charge in [-0.2, -0.15) is 0 Å². The van der Waals surface area contributed by atoms with Crippen LogP contribution in [-0.2, 0) is 16.0 Å². The van der Waals surface area contributed by atoms with E-state index in [1.165, 1.54) is 0 Å². The van der Waals surface area contributed by atoms with Crippen molar-refractivity contribution in [1.82, 2.24) is 15.5 Å². The summed E-state index contributed by atoms with van der Waals surface area (Å²) in [6, 6.07) is 7.08. The Morgan fingerprint density at radius 3 is 2.56 bits per heavy atom. The predicted octanol–water partition coefficient (Wildman–Crippen LogP) is 2.24. The lowest BCUT2D eigenvalue weighted by atomic mass is 9.93. The minimum absolute atomic E-state index is 0.241. The second-order valence-corrected chi connectivity index (χ2v) is 7.06. The standard InChI is InChI=1S/C20H29N3O4/c1-4-5-6-13-21-17(24)14-23-18(25)20(2,22-19(23)26)12-11-15-7-9-16(27-3)10-8-15/h7-10H,4-6,11-14H2,1-3H3,(H,21,24)(H,22,26)/t20-/m0/s1. The first-order chi connectivity index (χ1) is 12.9. The van der Waals surface area contributed by atoms with Crippen LogP contribution in [0.1, 0.15) is 45.1 Å². The van der Waals surface area contributed by atoms with Gasteiger partial charge in [0.15, 0.2) is 0 Å². The Kier molecular flexibility index (Phi) is 7.21. The number of unbranched alkanes of at least 4 members (excludes halogenated alkanes) is 2. The number of carbonyl (C=O) groups is 3. The summed E-state index contributed by atoms with van der Waals surface area (Å²) in [4.78, 5) is 37.9. The average molecular weight is 375 g/mol. The van der Waals surface area contributed by atoms with E-state index in [9.17, 15) is 14.4 Å². The SMILES string of the molecule is CCCCCNC(=O)CN1C(=O)N[C@@](C)(CCc2ccc(OC)cc2)C1=O. The third-order valence-electron chi connectivity index (χ3n) is 4.82. The number of carbonyl (C=O) groups excluding carboxylic acids is 3. The highest BCUT2D eigenvalue weighted by Crippen LogP contribution is 2.24. The van der Waals surface area contributed by atoms with E-state index in [4.69, 9.17) is 4.74 Å². The molecule has 4 amide bonds. The lowest BCUT2D eigenvalue weighted by Gasteiger charge is -2.21. The van der Waals surface area contributed by atoms with E-state index in [0.717, 1.165) is 35.5 Å². The first-order valence-corrected chi connectivity index (χ1v) is 9.43. The van der Waals surface area contributed by atoms with Crippen LogP contribution in [0.15, 0.2) is 24.3 Å². The largest absolute Gasteiger partial charge is 0.497 e. The Bertz CT molecular complexity index is 674. The van der Waals surface area contributed by atoms with Gasteiger partial charge in [-0.15, -0.1) is 0 Å². The molecule has 0 spiro atoms. The van der Waals surface area contributed by atoms with Gasteiger partial charge in [0.25, 0.3) is 5.91 Å². The van der Waals surface area contributed by atoms with Gasteiger partial charge in [-0.05, 0) is 43.9 Å². The number of urea groups is 1. The molecule has 7 heteroatoms. The van der Waals surface area contributed by atoms with Gasteiger partial charge in [0.1, 0.15) is 17.8 Å². The second kappa shape index (κ2) is 9.39. The third kappa shape index (κ3) is 5.45. The van der Waals surface area contributed by atoms with Gasteiger partial charge < -0.3 is 15.4 Å². The molecule has 0 unspecified atom stereocenters. The summed E-state index contributed by atoms with van der Waals surface area (Å²) in [6.07, 6.45) is 4.08.